The first-order valence-corrected chi connectivity index (χ1v) is 8.26. The molecule has 1 unspecified atom stereocenters. The van der Waals surface area contributed by atoms with Crippen molar-refractivity contribution in [1.82, 2.24) is 0 Å². The number of rotatable bonds is 5. The standard InChI is InChI=1S/C24H22/c1-4-19-6-10-21(11-7-19)18(3)22-14-16-24(17-15-22)23-12-8-20(5-2)9-13-23/h4-18H,1-2H2,3H3. The van der Waals surface area contributed by atoms with Gasteiger partial charge in [0.1, 0.15) is 0 Å². The van der Waals surface area contributed by atoms with Crippen LogP contribution in [0, 0.1) is 0 Å². The molecule has 0 heteroatoms. The molecule has 3 aromatic rings. The van der Waals surface area contributed by atoms with Crippen molar-refractivity contribution in [2.45, 2.75) is 12.8 Å². The third-order valence-corrected chi connectivity index (χ3v) is 4.56. The van der Waals surface area contributed by atoms with Crippen molar-refractivity contribution >= 4 is 12.2 Å². The maximum atomic E-state index is 3.81. The van der Waals surface area contributed by atoms with Crippen molar-refractivity contribution in [2.75, 3.05) is 0 Å². The topological polar surface area (TPSA) is 0 Å². The van der Waals surface area contributed by atoms with Crippen molar-refractivity contribution in [2.24, 2.45) is 0 Å². The Bertz CT molecular complexity index is 819. The van der Waals surface area contributed by atoms with E-state index in [2.05, 4.69) is 92.9 Å². The second kappa shape index (κ2) is 7.14. The molecule has 0 fully saturated rings. The highest BCUT2D eigenvalue weighted by Gasteiger charge is 2.08. The van der Waals surface area contributed by atoms with Gasteiger partial charge in [0.15, 0.2) is 0 Å². The SMILES string of the molecule is C=Cc1ccc(-c2ccc(C(C)c3ccc(C=C)cc3)cc2)cc1. The minimum absolute atomic E-state index is 0.376. The molecule has 0 aliphatic rings. The first kappa shape index (κ1) is 16.0. The van der Waals surface area contributed by atoms with Gasteiger partial charge in [0.2, 0.25) is 0 Å². The van der Waals surface area contributed by atoms with E-state index in [9.17, 15) is 0 Å². The molecule has 3 aromatic carbocycles. The predicted octanol–water partition coefficient (Wildman–Crippen LogP) is 6.79. The van der Waals surface area contributed by atoms with Crippen LogP contribution in [0.5, 0.6) is 0 Å². The quantitative estimate of drug-likeness (QED) is 0.486. The molecule has 0 radical (unpaired) electrons. The molecule has 0 bridgehead atoms. The Hall–Kier alpha value is -2.86. The Labute approximate surface area is 144 Å². The van der Waals surface area contributed by atoms with Gasteiger partial charge in [0.25, 0.3) is 0 Å². The molecule has 3 rings (SSSR count). The van der Waals surface area contributed by atoms with E-state index in [0.29, 0.717) is 5.92 Å². The summed E-state index contributed by atoms with van der Waals surface area (Å²) in [6.45, 7) is 9.85. The molecule has 1 atom stereocenters. The fourth-order valence-electron chi connectivity index (χ4n) is 2.89. The molecule has 0 aliphatic carbocycles. The van der Waals surface area contributed by atoms with E-state index in [-0.39, 0.29) is 0 Å². The van der Waals surface area contributed by atoms with Crippen LogP contribution in [0.4, 0.5) is 0 Å². The van der Waals surface area contributed by atoms with Gasteiger partial charge in [-0.1, -0.05) is 105 Å². The van der Waals surface area contributed by atoms with Crippen molar-refractivity contribution in [3.8, 4) is 11.1 Å². The fourth-order valence-corrected chi connectivity index (χ4v) is 2.89. The number of hydrogen-bond acceptors (Lipinski definition) is 0. The second-order valence-electron chi connectivity index (χ2n) is 6.04. The van der Waals surface area contributed by atoms with Crippen molar-refractivity contribution in [3.05, 3.63) is 108 Å². The average Bonchev–Trinajstić information content (AvgIpc) is 2.68. The van der Waals surface area contributed by atoms with E-state index in [1.54, 1.807) is 0 Å². The van der Waals surface area contributed by atoms with Gasteiger partial charge >= 0.3 is 0 Å². The predicted molar refractivity (Wildman–Crippen MR) is 106 cm³/mol. The monoisotopic (exact) mass is 310 g/mol. The van der Waals surface area contributed by atoms with E-state index in [4.69, 9.17) is 0 Å². The zero-order valence-electron chi connectivity index (χ0n) is 14.1. The zero-order chi connectivity index (χ0) is 16.9. The Balaban J connectivity index is 1.82. The Morgan fingerprint density at radius 3 is 1.33 bits per heavy atom. The summed E-state index contributed by atoms with van der Waals surface area (Å²) < 4.78 is 0. The zero-order valence-corrected chi connectivity index (χ0v) is 14.1. The van der Waals surface area contributed by atoms with E-state index in [1.165, 1.54) is 22.3 Å². The lowest BCUT2D eigenvalue weighted by molar-refractivity contribution is 0.922. The van der Waals surface area contributed by atoms with Crippen LogP contribution < -0.4 is 0 Å². The highest BCUT2D eigenvalue weighted by molar-refractivity contribution is 5.66. The number of benzene rings is 3. The van der Waals surface area contributed by atoms with Crippen LogP contribution in [-0.2, 0) is 0 Å². The maximum Gasteiger partial charge on any atom is 0.00610 e. The molecule has 0 nitrogen and oxygen atoms in total. The first-order valence-electron chi connectivity index (χ1n) is 8.26. The summed E-state index contributed by atoms with van der Waals surface area (Å²) in [4.78, 5) is 0. The number of hydrogen-bond donors (Lipinski definition) is 0. The molecular weight excluding hydrogens is 288 g/mol. The lowest BCUT2D eigenvalue weighted by Gasteiger charge is -2.13. The lowest BCUT2D eigenvalue weighted by Crippen LogP contribution is -1.96. The van der Waals surface area contributed by atoms with Gasteiger partial charge in [0, 0.05) is 5.92 Å². The van der Waals surface area contributed by atoms with Crippen LogP contribution in [0.2, 0.25) is 0 Å². The van der Waals surface area contributed by atoms with Gasteiger partial charge in [0.05, 0.1) is 0 Å². The molecule has 0 N–H and O–H groups in total. The van der Waals surface area contributed by atoms with E-state index < -0.39 is 0 Å². The van der Waals surface area contributed by atoms with Gasteiger partial charge in [-0.05, 0) is 33.4 Å². The van der Waals surface area contributed by atoms with E-state index >= 15 is 0 Å². The van der Waals surface area contributed by atoms with Crippen LogP contribution in [0.25, 0.3) is 23.3 Å². The van der Waals surface area contributed by atoms with Crippen molar-refractivity contribution < 1.29 is 0 Å². The average molecular weight is 310 g/mol. The summed E-state index contributed by atoms with van der Waals surface area (Å²) in [6.07, 6.45) is 3.74. The highest BCUT2D eigenvalue weighted by atomic mass is 14.1. The molecule has 0 saturated carbocycles. The highest BCUT2D eigenvalue weighted by Crippen LogP contribution is 2.27. The van der Waals surface area contributed by atoms with Crippen LogP contribution in [0.15, 0.2) is 86.0 Å². The molecule has 0 aromatic heterocycles. The molecule has 0 amide bonds. The third-order valence-electron chi connectivity index (χ3n) is 4.56. The summed E-state index contributed by atoms with van der Waals surface area (Å²) in [5.74, 6) is 0.376. The minimum Gasteiger partial charge on any atom is -0.0985 e. The second-order valence-corrected chi connectivity index (χ2v) is 6.04. The molecular formula is C24H22. The first-order chi connectivity index (χ1) is 11.7. The lowest BCUT2D eigenvalue weighted by atomic mass is 9.91. The Kier molecular flexibility index (Phi) is 4.77. The van der Waals surface area contributed by atoms with Crippen LogP contribution in [-0.4, -0.2) is 0 Å². The summed E-state index contributed by atoms with van der Waals surface area (Å²) in [7, 11) is 0. The smallest absolute Gasteiger partial charge is 0.00610 e. The summed E-state index contributed by atoms with van der Waals surface area (Å²) in [5.41, 5.74) is 7.42. The van der Waals surface area contributed by atoms with Gasteiger partial charge in [-0.2, -0.15) is 0 Å². The Morgan fingerprint density at radius 1 is 0.583 bits per heavy atom. The van der Waals surface area contributed by atoms with Crippen molar-refractivity contribution in [3.63, 3.8) is 0 Å². The fraction of sp³-hybridized carbons (Fsp3) is 0.0833. The minimum atomic E-state index is 0.376. The van der Waals surface area contributed by atoms with Gasteiger partial charge in [-0.25, -0.2) is 0 Å². The molecule has 24 heavy (non-hydrogen) atoms. The maximum absolute atomic E-state index is 3.81. The summed E-state index contributed by atoms with van der Waals surface area (Å²) >= 11 is 0. The third kappa shape index (κ3) is 3.38. The van der Waals surface area contributed by atoms with Gasteiger partial charge in [-0.15, -0.1) is 0 Å². The van der Waals surface area contributed by atoms with E-state index in [0.717, 1.165) is 11.1 Å². The molecule has 0 heterocycles. The molecule has 0 spiro atoms. The largest absolute Gasteiger partial charge is 0.0985 e. The molecule has 118 valence electrons. The normalized spacial score (nSPS) is 11.7. The van der Waals surface area contributed by atoms with Gasteiger partial charge < -0.3 is 0 Å². The van der Waals surface area contributed by atoms with Crippen LogP contribution >= 0.6 is 0 Å². The van der Waals surface area contributed by atoms with E-state index in [1.807, 2.05) is 12.2 Å². The molecule has 0 saturated heterocycles. The van der Waals surface area contributed by atoms with Crippen LogP contribution in [0.1, 0.15) is 35.1 Å². The summed E-state index contributed by atoms with van der Waals surface area (Å²) in [5, 5.41) is 0. The van der Waals surface area contributed by atoms with Crippen LogP contribution in [0.3, 0.4) is 0 Å². The van der Waals surface area contributed by atoms with Gasteiger partial charge in [-0.3, -0.25) is 0 Å². The Morgan fingerprint density at radius 2 is 0.917 bits per heavy atom. The molecule has 0 aliphatic heterocycles. The summed E-state index contributed by atoms with van der Waals surface area (Å²) in [6, 6.07) is 25.9. The van der Waals surface area contributed by atoms with Crippen molar-refractivity contribution in [1.29, 1.82) is 0 Å².